The second-order valence-electron chi connectivity index (χ2n) is 7.53. The highest BCUT2D eigenvalue weighted by molar-refractivity contribution is 6.00. The fourth-order valence-corrected chi connectivity index (χ4v) is 3.99. The summed E-state index contributed by atoms with van der Waals surface area (Å²) in [7, 11) is 0. The summed E-state index contributed by atoms with van der Waals surface area (Å²) in [5.41, 5.74) is 4.54. The lowest BCUT2D eigenvalue weighted by molar-refractivity contribution is 0.0885. The van der Waals surface area contributed by atoms with Crippen molar-refractivity contribution in [2.45, 2.75) is 26.2 Å². The van der Waals surface area contributed by atoms with E-state index < -0.39 is 0 Å². The predicted octanol–water partition coefficient (Wildman–Crippen LogP) is 5.31. The Bertz CT molecular complexity index is 913. The molecule has 4 nitrogen and oxygen atoms in total. The minimum absolute atomic E-state index is 0.0225. The Kier molecular flexibility index (Phi) is 5.68. The van der Waals surface area contributed by atoms with E-state index in [1.54, 1.807) is 6.26 Å². The number of nitrogens with zero attached hydrogens (tertiary/aromatic N) is 2. The largest absolute Gasteiger partial charge is 0.364 e. The highest BCUT2D eigenvalue weighted by Gasteiger charge is 2.24. The minimum atomic E-state index is 0.0225. The third-order valence-corrected chi connectivity index (χ3v) is 5.60. The van der Waals surface area contributed by atoms with Gasteiger partial charge >= 0.3 is 0 Å². The molecule has 2 aromatic carbocycles. The van der Waals surface area contributed by atoms with Gasteiger partial charge in [-0.15, -0.1) is 0 Å². The van der Waals surface area contributed by atoms with Crippen LogP contribution in [0.25, 0.3) is 22.4 Å². The van der Waals surface area contributed by atoms with E-state index in [0.717, 1.165) is 54.0 Å². The van der Waals surface area contributed by atoms with Gasteiger partial charge in [0, 0.05) is 29.7 Å². The molecule has 28 heavy (non-hydrogen) atoms. The van der Waals surface area contributed by atoms with E-state index >= 15 is 0 Å². The maximum Gasteiger partial charge on any atom is 0.167 e. The van der Waals surface area contributed by atoms with Crippen LogP contribution in [0.15, 0.2) is 65.4 Å². The third-order valence-electron chi connectivity index (χ3n) is 5.60. The molecule has 0 amide bonds. The van der Waals surface area contributed by atoms with Gasteiger partial charge in [0.05, 0.1) is 0 Å². The Balaban J connectivity index is 1.70. The quantitative estimate of drug-likeness (QED) is 0.526. The normalized spacial score (nSPS) is 15.6. The summed E-state index contributed by atoms with van der Waals surface area (Å²) in [6.07, 6.45) is 4.90. The van der Waals surface area contributed by atoms with Gasteiger partial charge in [-0.3, -0.25) is 4.79 Å². The molecule has 0 N–H and O–H groups in total. The van der Waals surface area contributed by atoms with Crippen molar-refractivity contribution in [1.29, 1.82) is 0 Å². The first-order valence-corrected chi connectivity index (χ1v) is 10.1. The summed E-state index contributed by atoms with van der Waals surface area (Å²) in [6.45, 7) is 5.18. The Labute approximate surface area is 166 Å². The van der Waals surface area contributed by atoms with E-state index in [1.165, 1.54) is 12.8 Å². The zero-order chi connectivity index (χ0) is 19.3. The number of likely N-dealkylation sites (tertiary alicyclic amines) is 1. The molecule has 0 spiro atoms. The van der Waals surface area contributed by atoms with Gasteiger partial charge in [0.25, 0.3) is 0 Å². The standard InChI is InChI=1S/C24H26N2O2/c1-2-18(17-26-11-6-7-12-26)24(27)22-15-20(19-8-4-3-5-9-19)14-21(16-22)23-10-13-28-25-23/h3-5,8-10,13-16,18H,2,6-7,11-12,17H2,1H3. The maximum absolute atomic E-state index is 13.4. The molecule has 1 fully saturated rings. The number of hydrogen-bond donors (Lipinski definition) is 0. The average molecular weight is 374 g/mol. The van der Waals surface area contributed by atoms with Crippen molar-refractivity contribution in [1.82, 2.24) is 10.1 Å². The number of benzene rings is 2. The first-order valence-electron chi connectivity index (χ1n) is 10.1. The maximum atomic E-state index is 13.4. The third kappa shape index (κ3) is 4.07. The molecule has 0 aliphatic carbocycles. The van der Waals surface area contributed by atoms with E-state index in [-0.39, 0.29) is 11.7 Å². The second-order valence-corrected chi connectivity index (χ2v) is 7.53. The van der Waals surface area contributed by atoms with Crippen LogP contribution < -0.4 is 0 Å². The van der Waals surface area contributed by atoms with Crippen LogP contribution in [0, 0.1) is 5.92 Å². The first-order chi connectivity index (χ1) is 13.7. The predicted molar refractivity (Wildman–Crippen MR) is 111 cm³/mol. The van der Waals surface area contributed by atoms with E-state index in [9.17, 15) is 4.79 Å². The van der Waals surface area contributed by atoms with E-state index in [1.807, 2.05) is 36.4 Å². The van der Waals surface area contributed by atoms with Crippen molar-refractivity contribution >= 4 is 5.78 Å². The van der Waals surface area contributed by atoms with Crippen molar-refractivity contribution in [3.05, 3.63) is 66.4 Å². The zero-order valence-corrected chi connectivity index (χ0v) is 16.3. The lowest BCUT2D eigenvalue weighted by Gasteiger charge is -2.22. The summed E-state index contributed by atoms with van der Waals surface area (Å²) < 4.78 is 5.03. The van der Waals surface area contributed by atoms with Crippen molar-refractivity contribution in [3.63, 3.8) is 0 Å². The highest BCUT2D eigenvalue weighted by Crippen LogP contribution is 2.29. The lowest BCUT2D eigenvalue weighted by Crippen LogP contribution is -2.31. The molecule has 0 saturated carbocycles. The van der Waals surface area contributed by atoms with Gasteiger partial charge in [-0.05, 0) is 61.7 Å². The Hall–Kier alpha value is -2.72. The molecule has 2 heterocycles. The molecular weight excluding hydrogens is 348 g/mol. The second kappa shape index (κ2) is 8.53. The summed E-state index contributed by atoms with van der Waals surface area (Å²) in [6, 6.07) is 18.1. The molecule has 1 aromatic heterocycles. The Morgan fingerprint density at radius 1 is 1.04 bits per heavy atom. The molecular formula is C24H26N2O2. The van der Waals surface area contributed by atoms with E-state index in [0.29, 0.717) is 0 Å². The smallest absolute Gasteiger partial charge is 0.167 e. The van der Waals surface area contributed by atoms with Crippen LogP contribution in [0.5, 0.6) is 0 Å². The number of Topliss-reactive ketones (excluding diaryl/α,β-unsaturated/α-hetero) is 1. The van der Waals surface area contributed by atoms with Crippen LogP contribution in [0.3, 0.4) is 0 Å². The van der Waals surface area contributed by atoms with Crippen LogP contribution in [0.1, 0.15) is 36.5 Å². The molecule has 4 rings (SSSR count). The van der Waals surface area contributed by atoms with Gasteiger partial charge in [0.1, 0.15) is 12.0 Å². The van der Waals surface area contributed by atoms with Gasteiger partial charge in [0.15, 0.2) is 5.78 Å². The zero-order valence-electron chi connectivity index (χ0n) is 16.3. The molecule has 144 valence electrons. The number of hydrogen-bond acceptors (Lipinski definition) is 4. The van der Waals surface area contributed by atoms with Gasteiger partial charge in [-0.2, -0.15) is 0 Å². The van der Waals surface area contributed by atoms with Gasteiger partial charge in [0.2, 0.25) is 0 Å². The molecule has 1 saturated heterocycles. The van der Waals surface area contributed by atoms with Crippen LogP contribution in [0.2, 0.25) is 0 Å². The van der Waals surface area contributed by atoms with Crippen LogP contribution in [-0.2, 0) is 0 Å². The van der Waals surface area contributed by atoms with Crippen molar-refractivity contribution in [2.75, 3.05) is 19.6 Å². The number of rotatable bonds is 7. The topological polar surface area (TPSA) is 46.3 Å². The number of ketones is 1. The fourth-order valence-electron chi connectivity index (χ4n) is 3.99. The Morgan fingerprint density at radius 3 is 2.46 bits per heavy atom. The van der Waals surface area contributed by atoms with Crippen LogP contribution in [-0.4, -0.2) is 35.5 Å². The number of carbonyl (C=O) groups excluding carboxylic acids is 1. The van der Waals surface area contributed by atoms with Gasteiger partial charge in [-0.1, -0.05) is 42.4 Å². The minimum Gasteiger partial charge on any atom is -0.364 e. The van der Waals surface area contributed by atoms with Crippen LogP contribution >= 0.6 is 0 Å². The molecule has 1 unspecified atom stereocenters. The fraction of sp³-hybridized carbons (Fsp3) is 0.333. The molecule has 0 radical (unpaired) electrons. The molecule has 0 bridgehead atoms. The highest BCUT2D eigenvalue weighted by atomic mass is 16.5. The molecule has 1 aliphatic rings. The molecule has 1 atom stereocenters. The van der Waals surface area contributed by atoms with Gasteiger partial charge < -0.3 is 9.42 Å². The van der Waals surface area contributed by atoms with Crippen molar-refractivity contribution in [3.8, 4) is 22.4 Å². The monoisotopic (exact) mass is 374 g/mol. The summed E-state index contributed by atoms with van der Waals surface area (Å²) in [5.74, 6) is 0.242. The lowest BCUT2D eigenvalue weighted by atomic mass is 9.90. The molecule has 1 aliphatic heterocycles. The molecule has 3 aromatic rings. The summed E-state index contributed by atoms with van der Waals surface area (Å²) in [4.78, 5) is 15.8. The first kappa shape index (κ1) is 18.6. The molecule has 4 heteroatoms. The van der Waals surface area contributed by atoms with Gasteiger partial charge in [-0.25, -0.2) is 0 Å². The average Bonchev–Trinajstić information content (AvgIpc) is 3.46. The Morgan fingerprint density at radius 2 is 1.79 bits per heavy atom. The summed E-state index contributed by atoms with van der Waals surface area (Å²) in [5, 5.41) is 4.08. The van der Waals surface area contributed by atoms with Crippen LogP contribution in [0.4, 0.5) is 0 Å². The van der Waals surface area contributed by atoms with E-state index in [2.05, 4.69) is 35.2 Å². The number of carbonyl (C=O) groups is 1. The number of aromatic nitrogens is 1. The van der Waals surface area contributed by atoms with Crippen molar-refractivity contribution in [2.24, 2.45) is 5.92 Å². The SMILES string of the molecule is CCC(CN1CCCC1)C(=O)c1cc(-c2ccccc2)cc(-c2ccon2)c1. The summed E-state index contributed by atoms with van der Waals surface area (Å²) >= 11 is 0. The van der Waals surface area contributed by atoms with E-state index in [4.69, 9.17) is 4.52 Å². The van der Waals surface area contributed by atoms with Crippen molar-refractivity contribution < 1.29 is 9.32 Å².